The molecule has 0 aromatic heterocycles. The van der Waals surface area contributed by atoms with E-state index in [-0.39, 0.29) is 26.2 Å². The van der Waals surface area contributed by atoms with Crippen molar-refractivity contribution in [2.24, 2.45) is 0 Å². The lowest BCUT2D eigenvalue weighted by Crippen LogP contribution is -2.41. The lowest BCUT2D eigenvalue weighted by atomic mass is 10.2. The zero-order chi connectivity index (χ0) is 20.6. The first kappa shape index (κ1) is 20.2. The van der Waals surface area contributed by atoms with Gasteiger partial charge in [-0.15, -0.1) is 0 Å². The van der Waals surface area contributed by atoms with Crippen LogP contribution in [0.5, 0.6) is 0 Å². The summed E-state index contributed by atoms with van der Waals surface area (Å²) >= 11 is 0. The Labute approximate surface area is 168 Å². The number of carboxylic acid groups (broad SMARTS) is 1. The van der Waals surface area contributed by atoms with E-state index in [0.717, 1.165) is 16.0 Å². The zero-order valence-corrected chi connectivity index (χ0v) is 15.7. The molecule has 2 N–H and O–H groups in total. The summed E-state index contributed by atoms with van der Waals surface area (Å²) in [5.41, 5.74) is 1.63. The van der Waals surface area contributed by atoms with Gasteiger partial charge in [0.25, 0.3) is 0 Å². The minimum Gasteiger partial charge on any atom is -0.480 e. The Kier molecular flexibility index (Phi) is 6.67. The number of benzene rings is 2. The number of likely N-dealkylation sites (tertiary alicyclic amines) is 1. The molecule has 1 heterocycles. The van der Waals surface area contributed by atoms with Crippen molar-refractivity contribution in [2.75, 3.05) is 6.54 Å². The SMILES string of the molecule is O=C(N[C@@H]1C[C@H](C(=O)O)N(C(=O)OCc2ccccc2)C1)OCc1ccccc1. The number of carboxylic acids is 1. The molecule has 0 radical (unpaired) electrons. The summed E-state index contributed by atoms with van der Waals surface area (Å²) in [6.45, 7) is 0.176. The van der Waals surface area contributed by atoms with Gasteiger partial charge in [0, 0.05) is 13.0 Å². The molecule has 2 amide bonds. The van der Waals surface area contributed by atoms with Crippen molar-refractivity contribution in [3.8, 4) is 0 Å². The van der Waals surface area contributed by atoms with E-state index in [2.05, 4.69) is 5.32 Å². The highest BCUT2D eigenvalue weighted by molar-refractivity contribution is 5.81. The monoisotopic (exact) mass is 398 g/mol. The molecule has 0 aliphatic carbocycles. The number of hydrogen-bond donors (Lipinski definition) is 2. The number of nitrogens with one attached hydrogen (secondary N) is 1. The van der Waals surface area contributed by atoms with E-state index in [1.165, 1.54) is 0 Å². The molecule has 1 aliphatic rings. The van der Waals surface area contributed by atoms with Gasteiger partial charge in [0.05, 0.1) is 6.04 Å². The second-order valence-corrected chi connectivity index (χ2v) is 6.69. The molecule has 8 nitrogen and oxygen atoms in total. The number of nitrogens with zero attached hydrogens (tertiary/aromatic N) is 1. The van der Waals surface area contributed by atoms with Gasteiger partial charge in [-0.25, -0.2) is 14.4 Å². The van der Waals surface area contributed by atoms with Crippen LogP contribution in [0.1, 0.15) is 17.5 Å². The Morgan fingerprint density at radius 3 is 2.03 bits per heavy atom. The predicted octanol–water partition coefficient (Wildman–Crippen LogP) is 2.78. The highest BCUT2D eigenvalue weighted by Crippen LogP contribution is 2.20. The molecule has 3 rings (SSSR count). The van der Waals surface area contributed by atoms with Crippen LogP contribution in [0.2, 0.25) is 0 Å². The van der Waals surface area contributed by atoms with Gasteiger partial charge in [-0.05, 0) is 11.1 Å². The number of carbonyl (C=O) groups excluding carboxylic acids is 2. The summed E-state index contributed by atoms with van der Waals surface area (Å²) in [5.74, 6) is -1.15. The van der Waals surface area contributed by atoms with Crippen LogP contribution in [0, 0.1) is 0 Å². The fraction of sp³-hybridized carbons (Fsp3) is 0.286. The maximum atomic E-state index is 12.4. The molecule has 0 spiro atoms. The normalized spacial score (nSPS) is 18.1. The van der Waals surface area contributed by atoms with Gasteiger partial charge in [-0.1, -0.05) is 60.7 Å². The average molecular weight is 398 g/mol. The van der Waals surface area contributed by atoms with E-state index in [1.807, 2.05) is 48.5 Å². The van der Waals surface area contributed by atoms with E-state index in [9.17, 15) is 19.5 Å². The Bertz CT molecular complexity index is 843. The molecule has 2 atom stereocenters. The number of amides is 2. The van der Waals surface area contributed by atoms with Gasteiger partial charge in [-0.3, -0.25) is 4.90 Å². The minimum absolute atomic E-state index is 0.0328. The third kappa shape index (κ3) is 5.71. The molecule has 2 aromatic carbocycles. The smallest absolute Gasteiger partial charge is 0.410 e. The Hall–Kier alpha value is -3.55. The van der Waals surface area contributed by atoms with E-state index in [1.54, 1.807) is 12.1 Å². The van der Waals surface area contributed by atoms with Crippen molar-refractivity contribution in [2.45, 2.75) is 31.7 Å². The summed E-state index contributed by atoms with van der Waals surface area (Å²) in [6.07, 6.45) is -1.32. The molecule has 8 heteroatoms. The highest BCUT2D eigenvalue weighted by Gasteiger charge is 2.41. The van der Waals surface area contributed by atoms with Crippen LogP contribution in [-0.2, 0) is 27.5 Å². The maximum absolute atomic E-state index is 12.4. The topological polar surface area (TPSA) is 105 Å². The van der Waals surface area contributed by atoms with Crippen LogP contribution < -0.4 is 5.32 Å². The summed E-state index contributed by atoms with van der Waals surface area (Å²) in [4.78, 5) is 37.1. The van der Waals surface area contributed by atoms with E-state index >= 15 is 0 Å². The number of rotatable bonds is 6. The van der Waals surface area contributed by atoms with Crippen LogP contribution >= 0.6 is 0 Å². The predicted molar refractivity (Wildman–Crippen MR) is 103 cm³/mol. The number of ether oxygens (including phenoxy) is 2. The average Bonchev–Trinajstić information content (AvgIpc) is 3.16. The van der Waals surface area contributed by atoms with Crippen molar-refractivity contribution >= 4 is 18.2 Å². The van der Waals surface area contributed by atoms with Crippen LogP contribution in [0.3, 0.4) is 0 Å². The van der Waals surface area contributed by atoms with E-state index in [0.29, 0.717) is 0 Å². The van der Waals surface area contributed by atoms with Gasteiger partial charge in [-0.2, -0.15) is 0 Å². The first-order valence-corrected chi connectivity index (χ1v) is 9.20. The van der Waals surface area contributed by atoms with Crippen molar-refractivity contribution in [1.29, 1.82) is 0 Å². The lowest BCUT2D eigenvalue weighted by Gasteiger charge is -2.20. The van der Waals surface area contributed by atoms with Gasteiger partial charge < -0.3 is 19.9 Å². The van der Waals surface area contributed by atoms with Crippen LogP contribution in [0.25, 0.3) is 0 Å². The second kappa shape index (κ2) is 9.59. The summed E-state index contributed by atoms with van der Waals surface area (Å²) in [7, 11) is 0. The Balaban J connectivity index is 1.51. The summed E-state index contributed by atoms with van der Waals surface area (Å²) in [6, 6.07) is 16.7. The van der Waals surface area contributed by atoms with Gasteiger partial charge >= 0.3 is 18.2 Å². The molecule has 0 bridgehead atoms. The van der Waals surface area contributed by atoms with Crippen LogP contribution in [0.15, 0.2) is 60.7 Å². The molecule has 0 unspecified atom stereocenters. The van der Waals surface area contributed by atoms with Crippen LogP contribution in [0.4, 0.5) is 9.59 Å². The minimum atomic E-state index is -1.15. The van der Waals surface area contributed by atoms with Crippen molar-refractivity contribution < 1.29 is 29.0 Å². The fourth-order valence-electron chi connectivity index (χ4n) is 3.11. The van der Waals surface area contributed by atoms with Crippen molar-refractivity contribution in [3.63, 3.8) is 0 Å². The lowest BCUT2D eigenvalue weighted by molar-refractivity contribution is -0.141. The first-order valence-electron chi connectivity index (χ1n) is 9.20. The second-order valence-electron chi connectivity index (χ2n) is 6.69. The molecule has 2 aromatic rings. The molecule has 0 saturated carbocycles. The summed E-state index contributed by atoms with van der Waals surface area (Å²) in [5, 5.41) is 12.0. The maximum Gasteiger partial charge on any atom is 0.410 e. The van der Waals surface area contributed by atoms with Gasteiger partial charge in [0.2, 0.25) is 0 Å². The molecule has 1 saturated heterocycles. The quantitative estimate of drug-likeness (QED) is 0.775. The fourth-order valence-corrected chi connectivity index (χ4v) is 3.11. The van der Waals surface area contributed by atoms with Gasteiger partial charge in [0.15, 0.2) is 0 Å². The van der Waals surface area contributed by atoms with Gasteiger partial charge in [0.1, 0.15) is 19.3 Å². The zero-order valence-electron chi connectivity index (χ0n) is 15.7. The standard InChI is InChI=1S/C21H22N2O6/c24-19(25)18-11-17(22-20(26)28-13-15-7-3-1-4-8-15)12-23(18)21(27)29-14-16-9-5-2-6-10-16/h1-10,17-18H,11-14H2,(H,22,26)(H,24,25)/t17-,18-/m1/s1. The molecular weight excluding hydrogens is 376 g/mol. The van der Waals surface area contributed by atoms with E-state index in [4.69, 9.17) is 9.47 Å². The molecular formula is C21H22N2O6. The molecule has 29 heavy (non-hydrogen) atoms. The number of carbonyl (C=O) groups is 3. The number of aliphatic carboxylic acids is 1. The van der Waals surface area contributed by atoms with Crippen molar-refractivity contribution in [1.82, 2.24) is 10.2 Å². The highest BCUT2D eigenvalue weighted by atomic mass is 16.6. The van der Waals surface area contributed by atoms with Crippen LogP contribution in [-0.4, -0.2) is 46.8 Å². The van der Waals surface area contributed by atoms with Crippen molar-refractivity contribution in [3.05, 3.63) is 71.8 Å². The van der Waals surface area contributed by atoms with E-state index < -0.39 is 30.2 Å². The number of alkyl carbamates (subject to hydrolysis) is 1. The molecule has 1 aliphatic heterocycles. The molecule has 152 valence electrons. The number of hydrogen-bond acceptors (Lipinski definition) is 5. The summed E-state index contributed by atoms with van der Waals surface area (Å²) < 4.78 is 10.4. The Morgan fingerprint density at radius 2 is 1.48 bits per heavy atom. The largest absolute Gasteiger partial charge is 0.480 e. The first-order chi connectivity index (χ1) is 14.0. The third-order valence-corrected chi connectivity index (χ3v) is 4.56. The molecule has 1 fully saturated rings. The Morgan fingerprint density at radius 1 is 0.931 bits per heavy atom. The third-order valence-electron chi connectivity index (χ3n) is 4.56.